The molecule has 0 radical (unpaired) electrons. The largest absolute Gasteiger partial charge is 0.469 e. The molecule has 0 aliphatic carbocycles. The predicted octanol–water partition coefficient (Wildman–Crippen LogP) is -0.827. The van der Waals surface area contributed by atoms with E-state index in [0.29, 0.717) is 0 Å². The van der Waals surface area contributed by atoms with Crippen molar-refractivity contribution in [3.8, 4) is 0 Å². The van der Waals surface area contributed by atoms with E-state index in [9.17, 15) is 14.4 Å². The van der Waals surface area contributed by atoms with Crippen LogP contribution < -0.4 is 0 Å². The van der Waals surface area contributed by atoms with E-state index in [0.717, 1.165) is 0 Å². The molecule has 166 valence electrons. The number of hydrogen-bond acceptors (Lipinski definition) is 11. The zero-order valence-electron chi connectivity index (χ0n) is 17.3. The van der Waals surface area contributed by atoms with Crippen molar-refractivity contribution in [2.45, 2.75) is 31.2 Å². The zero-order chi connectivity index (χ0) is 21.6. The number of esters is 3. The van der Waals surface area contributed by atoms with Crippen LogP contribution >= 0.6 is 0 Å². The van der Waals surface area contributed by atoms with E-state index >= 15 is 0 Å². The number of methoxy groups -OCH3 is 4. The van der Waals surface area contributed by atoms with E-state index in [4.69, 9.17) is 33.2 Å². The fourth-order valence-electron chi connectivity index (χ4n) is 4.17. The van der Waals surface area contributed by atoms with Crippen molar-refractivity contribution in [2.24, 2.45) is 11.8 Å². The SMILES string of the molecule is CCOC(=O)[C@@H]1[C@@H](C(=O)OC)[C@H](C(=O)OC)[C@H]2[C@H](OCOC)[C@@H](OCOC)CN21. The van der Waals surface area contributed by atoms with Gasteiger partial charge in [0.2, 0.25) is 0 Å². The van der Waals surface area contributed by atoms with Gasteiger partial charge in [-0.1, -0.05) is 0 Å². The summed E-state index contributed by atoms with van der Waals surface area (Å²) < 4.78 is 36.5. The molecular weight excluding hydrogens is 390 g/mol. The highest BCUT2D eigenvalue weighted by Gasteiger charge is 2.65. The summed E-state index contributed by atoms with van der Waals surface area (Å²) in [6.07, 6.45) is -1.21. The molecule has 0 N–H and O–H groups in total. The van der Waals surface area contributed by atoms with Gasteiger partial charge < -0.3 is 33.2 Å². The normalized spacial score (nSPS) is 31.3. The monoisotopic (exact) mass is 419 g/mol. The van der Waals surface area contributed by atoms with Gasteiger partial charge in [0.1, 0.15) is 31.8 Å². The van der Waals surface area contributed by atoms with E-state index in [-0.39, 0.29) is 26.7 Å². The Morgan fingerprint density at radius 2 is 1.45 bits per heavy atom. The Morgan fingerprint density at radius 1 is 0.862 bits per heavy atom. The van der Waals surface area contributed by atoms with Crippen molar-refractivity contribution in [2.75, 3.05) is 55.2 Å². The van der Waals surface area contributed by atoms with Crippen LogP contribution in [-0.2, 0) is 47.5 Å². The van der Waals surface area contributed by atoms with Crippen LogP contribution in [0.5, 0.6) is 0 Å². The fourth-order valence-corrected chi connectivity index (χ4v) is 4.17. The Hall–Kier alpha value is -1.79. The third kappa shape index (κ3) is 4.69. The average Bonchev–Trinajstić information content (AvgIpc) is 3.23. The van der Waals surface area contributed by atoms with Crippen molar-refractivity contribution < 1.29 is 47.5 Å². The second-order valence-electron chi connectivity index (χ2n) is 6.63. The molecule has 0 unspecified atom stereocenters. The molecule has 29 heavy (non-hydrogen) atoms. The minimum absolute atomic E-state index is 0.00847. The third-order valence-electron chi connectivity index (χ3n) is 5.18. The van der Waals surface area contributed by atoms with Gasteiger partial charge in [-0.2, -0.15) is 0 Å². The smallest absolute Gasteiger partial charge is 0.324 e. The zero-order valence-corrected chi connectivity index (χ0v) is 17.3. The lowest BCUT2D eigenvalue weighted by molar-refractivity contribution is -0.167. The van der Waals surface area contributed by atoms with Gasteiger partial charge in [-0.25, -0.2) is 0 Å². The maximum Gasteiger partial charge on any atom is 0.324 e. The van der Waals surface area contributed by atoms with E-state index in [2.05, 4.69) is 0 Å². The Kier molecular flexibility index (Phi) is 8.78. The van der Waals surface area contributed by atoms with Crippen LogP contribution in [0.25, 0.3) is 0 Å². The van der Waals surface area contributed by atoms with Crippen molar-refractivity contribution in [1.82, 2.24) is 4.90 Å². The Labute approximate surface area is 169 Å². The van der Waals surface area contributed by atoms with Gasteiger partial charge in [-0.15, -0.1) is 0 Å². The summed E-state index contributed by atoms with van der Waals surface area (Å²) in [7, 11) is 5.36. The maximum absolute atomic E-state index is 12.8. The predicted molar refractivity (Wildman–Crippen MR) is 95.4 cm³/mol. The van der Waals surface area contributed by atoms with Gasteiger partial charge in [-0.05, 0) is 6.92 Å². The molecule has 0 bridgehead atoms. The first kappa shape index (κ1) is 23.5. The summed E-state index contributed by atoms with van der Waals surface area (Å²) in [6, 6.07) is -1.72. The summed E-state index contributed by atoms with van der Waals surface area (Å²) in [5.41, 5.74) is 0. The number of rotatable bonds is 10. The van der Waals surface area contributed by atoms with E-state index in [1.807, 2.05) is 0 Å². The quantitative estimate of drug-likeness (QED) is 0.251. The first-order valence-electron chi connectivity index (χ1n) is 9.25. The molecule has 2 fully saturated rings. The average molecular weight is 419 g/mol. The molecule has 11 nitrogen and oxygen atoms in total. The topological polar surface area (TPSA) is 119 Å². The Morgan fingerprint density at radius 3 is 2.00 bits per heavy atom. The summed E-state index contributed by atoms with van der Waals surface area (Å²) in [5.74, 6) is -4.10. The highest BCUT2D eigenvalue weighted by molar-refractivity contribution is 5.91. The third-order valence-corrected chi connectivity index (χ3v) is 5.18. The number of fused-ring (bicyclic) bond motifs is 1. The van der Waals surface area contributed by atoms with Crippen LogP contribution in [0.4, 0.5) is 0 Å². The second kappa shape index (κ2) is 10.8. The minimum Gasteiger partial charge on any atom is -0.469 e. The molecular formula is C18H29NO10. The van der Waals surface area contributed by atoms with Gasteiger partial charge in [0.25, 0.3) is 0 Å². The number of ether oxygens (including phenoxy) is 7. The molecule has 2 saturated heterocycles. The highest BCUT2D eigenvalue weighted by atomic mass is 16.7. The molecule has 2 aliphatic heterocycles. The van der Waals surface area contributed by atoms with Gasteiger partial charge in [-0.3, -0.25) is 19.3 Å². The molecule has 0 spiro atoms. The van der Waals surface area contributed by atoms with Crippen molar-refractivity contribution in [3.05, 3.63) is 0 Å². The minimum atomic E-state index is -1.10. The van der Waals surface area contributed by atoms with E-state index < -0.39 is 54.0 Å². The first-order valence-corrected chi connectivity index (χ1v) is 9.25. The molecule has 6 atom stereocenters. The van der Waals surface area contributed by atoms with Crippen molar-refractivity contribution in [1.29, 1.82) is 0 Å². The molecule has 0 amide bonds. The van der Waals surface area contributed by atoms with E-state index in [1.54, 1.807) is 11.8 Å². The molecule has 2 rings (SSSR count). The Bertz CT molecular complexity index is 585. The number of carbonyl (C=O) groups is 3. The lowest BCUT2D eigenvalue weighted by Gasteiger charge is -2.28. The van der Waals surface area contributed by atoms with Crippen LogP contribution in [0.3, 0.4) is 0 Å². The summed E-state index contributed by atoms with van der Waals surface area (Å²) in [5, 5.41) is 0. The molecule has 0 aromatic rings. The van der Waals surface area contributed by atoms with Crippen LogP contribution in [-0.4, -0.2) is 102 Å². The van der Waals surface area contributed by atoms with Crippen LogP contribution in [0.1, 0.15) is 6.92 Å². The lowest BCUT2D eigenvalue weighted by Crippen LogP contribution is -2.46. The Balaban J connectivity index is 2.48. The van der Waals surface area contributed by atoms with Gasteiger partial charge in [0, 0.05) is 20.8 Å². The van der Waals surface area contributed by atoms with Crippen LogP contribution in [0, 0.1) is 11.8 Å². The number of hydrogen-bond donors (Lipinski definition) is 0. The standard InChI is InChI=1S/C18H29NO10/c1-6-27-18(22)14-12(17(21)26-5)11(16(20)25-4)13-15(29-9-24-3)10(7-19(13)14)28-8-23-2/h10-15H,6-9H2,1-5H3/t10-,11-,12-,13-,14-,15+/m0/s1. The van der Waals surface area contributed by atoms with Crippen molar-refractivity contribution in [3.63, 3.8) is 0 Å². The van der Waals surface area contributed by atoms with Gasteiger partial charge in [0.15, 0.2) is 0 Å². The van der Waals surface area contributed by atoms with Crippen molar-refractivity contribution >= 4 is 17.9 Å². The van der Waals surface area contributed by atoms with Crippen LogP contribution in [0.15, 0.2) is 0 Å². The summed E-state index contributed by atoms with van der Waals surface area (Å²) >= 11 is 0. The van der Waals surface area contributed by atoms with Crippen LogP contribution in [0.2, 0.25) is 0 Å². The molecule has 11 heteroatoms. The highest BCUT2D eigenvalue weighted by Crippen LogP contribution is 2.45. The summed E-state index contributed by atoms with van der Waals surface area (Å²) in [6.45, 7) is 1.92. The second-order valence-corrected chi connectivity index (χ2v) is 6.63. The number of carbonyl (C=O) groups excluding carboxylic acids is 3. The summed E-state index contributed by atoms with van der Waals surface area (Å²) in [4.78, 5) is 39.7. The molecule has 2 heterocycles. The molecule has 0 aromatic carbocycles. The van der Waals surface area contributed by atoms with Gasteiger partial charge >= 0.3 is 17.9 Å². The lowest BCUT2D eigenvalue weighted by atomic mass is 9.84. The first-order chi connectivity index (χ1) is 14.0. The maximum atomic E-state index is 12.8. The van der Waals surface area contributed by atoms with E-state index in [1.165, 1.54) is 28.4 Å². The van der Waals surface area contributed by atoms with Gasteiger partial charge in [0.05, 0.1) is 38.7 Å². The molecule has 0 saturated carbocycles. The molecule has 2 aliphatic rings. The number of nitrogens with zero attached hydrogens (tertiary/aromatic N) is 1. The molecule has 0 aromatic heterocycles. The fraction of sp³-hybridized carbons (Fsp3) is 0.833.